The minimum atomic E-state index is -0.885. The maximum Gasteiger partial charge on any atom is 0.277 e. The first-order chi connectivity index (χ1) is 20.2. The van der Waals surface area contributed by atoms with Gasteiger partial charge in [-0.2, -0.15) is 0 Å². The van der Waals surface area contributed by atoms with Crippen LogP contribution in [0.15, 0.2) is 102 Å². The van der Waals surface area contributed by atoms with Crippen molar-refractivity contribution in [1.29, 1.82) is 0 Å². The molecule has 8 heteroatoms. The van der Waals surface area contributed by atoms with Crippen molar-refractivity contribution in [3.63, 3.8) is 0 Å². The zero-order valence-corrected chi connectivity index (χ0v) is 24.1. The van der Waals surface area contributed by atoms with Gasteiger partial charge in [-0.25, -0.2) is 0 Å². The summed E-state index contributed by atoms with van der Waals surface area (Å²) in [6, 6.07) is 24.3. The van der Waals surface area contributed by atoms with Crippen molar-refractivity contribution >= 4 is 34.7 Å². The Balaban J connectivity index is 1.52. The van der Waals surface area contributed by atoms with E-state index < -0.39 is 11.9 Å². The minimum Gasteiger partial charge on any atom is -0.506 e. The molecule has 3 aromatic carbocycles. The summed E-state index contributed by atoms with van der Waals surface area (Å²) in [4.78, 5) is 34.1. The first-order valence-corrected chi connectivity index (χ1v) is 14.2. The average molecular weight is 580 g/mol. The number of para-hydroxylation sites is 1. The zero-order chi connectivity index (χ0) is 29.4. The number of fused-ring (bicyclic) bond motifs is 1. The Hall–Kier alpha value is -4.62. The molecule has 0 saturated carbocycles. The van der Waals surface area contributed by atoms with E-state index in [1.807, 2.05) is 44.2 Å². The number of carbonyl (C=O) groups is 2. The van der Waals surface area contributed by atoms with Crippen molar-refractivity contribution in [3.8, 4) is 11.5 Å². The molecule has 1 unspecified atom stereocenters. The van der Waals surface area contributed by atoms with E-state index in [2.05, 4.69) is 10.3 Å². The summed E-state index contributed by atoms with van der Waals surface area (Å²) in [6.07, 6.45) is 2.39. The van der Waals surface area contributed by atoms with Crippen LogP contribution in [-0.2, 0) is 11.4 Å². The van der Waals surface area contributed by atoms with Crippen LogP contribution in [0.25, 0.3) is 0 Å². The van der Waals surface area contributed by atoms with Crippen molar-refractivity contribution in [2.24, 2.45) is 5.41 Å². The van der Waals surface area contributed by atoms with Crippen LogP contribution in [-0.4, -0.2) is 21.8 Å². The summed E-state index contributed by atoms with van der Waals surface area (Å²) in [5.41, 5.74) is 3.31. The van der Waals surface area contributed by atoms with Crippen LogP contribution in [0.2, 0.25) is 5.02 Å². The number of ether oxygens (including phenoxy) is 1. The highest BCUT2D eigenvalue weighted by molar-refractivity contribution is 6.32. The van der Waals surface area contributed by atoms with E-state index in [4.69, 9.17) is 16.3 Å². The maximum absolute atomic E-state index is 14.3. The van der Waals surface area contributed by atoms with Gasteiger partial charge in [-0.3, -0.25) is 19.5 Å². The molecular weight excluding hydrogens is 550 g/mol. The van der Waals surface area contributed by atoms with Crippen LogP contribution >= 0.6 is 11.6 Å². The van der Waals surface area contributed by atoms with Gasteiger partial charge < -0.3 is 15.2 Å². The van der Waals surface area contributed by atoms with Gasteiger partial charge in [0.2, 0.25) is 0 Å². The molecule has 1 atom stereocenters. The number of nitrogens with one attached hydrogen (secondary N) is 1. The molecular formula is C34H30ClN3O4. The number of phenolic OH excluding ortho intramolecular Hbond substituents is 1. The number of anilines is 2. The zero-order valence-electron chi connectivity index (χ0n) is 23.3. The maximum atomic E-state index is 14.3. The molecule has 0 spiro atoms. The molecule has 1 aromatic heterocycles. The van der Waals surface area contributed by atoms with Gasteiger partial charge in [0.25, 0.3) is 5.91 Å². The Morgan fingerprint density at radius 3 is 2.57 bits per heavy atom. The number of amides is 1. The third kappa shape index (κ3) is 5.23. The second kappa shape index (κ2) is 11.0. The largest absolute Gasteiger partial charge is 0.506 e. The molecule has 6 rings (SSSR count). The van der Waals surface area contributed by atoms with Crippen molar-refractivity contribution in [2.45, 2.75) is 39.3 Å². The standard InChI is InChI=1S/C34H30ClN3O4/c1-34(2)18-26-30(29(40)19-34)32(23-15-14-22(17-24(23)35)42-20-21-9-4-3-5-10-21)38(33(41)25-11-6-7-16-36-25)27-12-8-13-28(39)31(27)37-26/h3-17,32,37,39H,18-20H2,1-2H3. The van der Waals surface area contributed by atoms with E-state index in [9.17, 15) is 14.7 Å². The molecule has 0 fully saturated rings. The summed E-state index contributed by atoms with van der Waals surface area (Å²) in [6.45, 7) is 4.43. The van der Waals surface area contributed by atoms with E-state index in [-0.39, 0.29) is 22.6 Å². The fourth-order valence-corrected chi connectivity index (χ4v) is 6.01. The summed E-state index contributed by atoms with van der Waals surface area (Å²) >= 11 is 6.97. The molecule has 7 nitrogen and oxygen atoms in total. The molecule has 1 aliphatic carbocycles. The molecule has 2 aliphatic rings. The number of allylic oxidation sites excluding steroid dienone is 1. The highest BCUT2D eigenvalue weighted by Crippen LogP contribution is 2.51. The van der Waals surface area contributed by atoms with Crippen LogP contribution < -0.4 is 15.0 Å². The third-order valence-electron chi connectivity index (χ3n) is 7.63. The van der Waals surface area contributed by atoms with Crippen LogP contribution in [0.4, 0.5) is 11.4 Å². The Morgan fingerprint density at radius 2 is 1.83 bits per heavy atom. The van der Waals surface area contributed by atoms with E-state index in [1.165, 1.54) is 4.90 Å². The van der Waals surface area contributed by atoms with Gasteiger partial charge in [-0.15, -0.1) is 0 Å². The first-order valence-electron chi connectivity index (χ1n) is 13.8. The van der Waals surface area contributed by atoms with Gasteiger partial charge in [-0.1, -0.05) is 74.0 Å². The Kier molecular flexibility index (Phi) is 7.21. The number of aromatic hydroxyl groups is 1. The number of phenols is 1. The molecule has 0 bridgehead atoms. The topological polar surface area (TPSA) is 91.8 Å². The average Bonchev–Trinajstić information content (AvgIpc) is 3.11. The van der Waals surface area contributed by atoms with Gasteiger partial charge in [-0.05, 0) is 59.4 Å². The molecule has 0 radical (unpaired) electrons. The summed E-state index contributed by atoms with van der Waals surface area (Å²) in [5, 5.41) is 14.7. The number of hydrogen-bond donors (Lipinski definition) is 2. The summed E-state index contributed by atoms with van der Waals surface area (Å²) < 4.78 is 6.01. The van der Waals surface area contributed by atoms with E-state index >= 15 is 0 Å². The van der Waals surface area contributed by atoms with E-state index in [1.54, 1.807) is 60.8 Å². The fourth-order valence-electron chi connectivity index (χ4n) is 5.73. The van der Waals surface area contributed by atoms with Crippen LogP contribution in [0.3, 0.4) is 0 Å². The predicted octanol–water partition coefficient (Wildman–Crippen LogP) is 7.48. The Morgan fingerprint density at radius 1 is 1.05 bits per heavy atom. The van der Waals surface area contributed by atoms with Crippen LogP contribution in [0.5, 0.6) is 11.5 Å². The quantitative estimate of drug-likeness (QED) is 0.238. The normalized spacial score (nSPS) is 17.5. The molecule has 1 aliphatic heterocycles. The van der Waals surface area contributed by atoms with E-state index in [0.29, 0.717) is 58.4 Å². The predicted molar refractivity (Wildman–Crippen MR) is 163 cm³/mol. The number of aromatic nitrogens is 1. The number of Topliss-reactive ketones (excluding diaryl/α,β-unsaturated/α-hetero) is 1. The number of rotatable bonds is 5. The number of pyridine rings is 1. The van der Waals surface area contributed by atoms with Gasteiger partial charge in [0.05, 0.1) is 11.7 Å². The van der Waals surface area contributed by atoms with Crippen LogP contribution in [0.1, 0.15) is 54.3 Å². The van der Waals surface area contributed by atoms with Gasteiger partial charge >= 0.3 is 0 Å². The first kappa shape index (κ1) is 27.5. The smallest absolute Gasteiger partial charge is 0.277 e. The highest BCUT2D eigenvalue weighted by Gasteiger charge is 2.44. The lowest BCUT2D eigenvalue weighted by Crippen LogP contribution is -2.40. The minimum absolute atomic E-state index is 0.0367. The number of ketones is 1. The third-order valence-corrected chi connectivity index (χ3v) is 7.95. The molecule has 212 valence electrons. The number of carbonyl (C=O) groups excluding carboxylic acids is 2. The molecule has 42 heavy (non-hydrogen) atoms. The molecule has 2 N–H and O–H groups in total. The molecule has 1 amide bonds. The fraction of sp³-hybridized carbons (Fsp3) is 0.206. The summed E-state index contributed by atoms with van der Waals surface area (Å²) in [7, 11) is 0. The summed E-state index contributed by atoms with van der Waals surface area (Å²) in [5.74, 6) is 0.00199. The van der Waals surface area contributed by atoms with Gasteiger partial charge in [0.15, 0.2) is 5.78 Å². The van der Waals surface area contributed by atoms with Crippen molar-refractivity contribution in [2.75, 3.05) is 10.2 Å². The van der Waals surface area contributed by atoms with Crippen molar-refractivity contribution < 1.29 is 19.4 Å². The lowest BCUT2D eigenvalue weighted by molar-refractivity contribution is -0.118. The van der Waals surface area contributed by atoms with Gasteiger partial charge in [0, 0.05) is 28.9 Å². The van der Waals surface area contributed by atoms with Crippen molar-refractivity contribution in [3.05, 3.63) is 124 Å². The lowest BCUT2D eigenvalue weighted by atomic mass is 9.73. The second-order valence-electron chi connectivity index (χ2n) is 11.4. The van der Waals surface area contributed by atoms with E-state index in [0.717, 1.165) is 5.56 Å². The number of hydrogen-bond acceptors (Lipinski definition) is 6. The number of nitrogens with zero attached hydrogens (tertiary/aromatic N) is 2. The Bertz CT molecular complexity index is 1700. The number of halogens is 1. The van der Waals surface area contributed by atoms with Crippen LogP contribution in [0, 0.1) is 5.41 Å². The highest BCUT2D eigenvalue weighted by atomic mass is 35.5. The molecule has 4 aromatic rings. The molecule has 0 saturated heterocycles. The molecule has 2 heterocycles. The van der Waals surface area contributed by atoms with Crippen molar-refractivity contribution in [1.82, 2.24) is 4.98 Å². The Labute approximate surface area is 249 Å². The second-order valence-corrected chi connectivity index (χ2v) is 11.8. The SMILES string of the molecule is CC1(C)CC(=O)C2=C(C1)Nc1c(O)cccc1N(C(=O)c1ccccn1)C2c1ccc(OCc2ccccc2)cc1Cl. The van der Waals surface area contributed by atoms with Gasteiger partial charge in [0.1, 0.15) is 29.5 Å². The monoisotopic (exact) mass is 579 g/mol. The lowest BCUT2D eigenvalue weighted by Gasteiger charge is -2.37. The number of benzene rings is 3.